The first-order chi connectivity index (χ1) is 13.0. The van der Waals surface area contributed by atoms with Gasteiger partial charge in [0.2, 0.25) is 0 Å². The van der Waals surface area contributed by atoms with Crippen LogP contribution < -0.4 is 4.74 Å². The Morgan fingerprint density at radius 2 is 1.67 bits per heavy atom. The van der Waals surface area contributed by atoms with Crippen LogP contribution in [0.25, 0.3) is 6.08 Å². The van der Waals surface area contributed by atoms with Gasteiger partial charge in [-0.1, -0.05) is 60.2 Å². The number of hydrogen-bond donors (Lipinski definition) is 0. The highest BCUT2D eigenvalue weighted by molar-refractivity contribution is 9.10. The first-order valence-corrected chi connectivity index (χ1v) is 9.18. The Morgan fingerprint density at radius 1 is 0.926 bits per heavy atom. The maximum atomic E-state index is 12.3. The second-order valence-electron chi connectivity index (χ2n) is 6.01. The molecule has 0 amide bonds. The van der Waals surface area contributed by atoms with Crippen molar-refractivity contribution < 1.29 is 14.3 Å². The Hall–Kier alpha value is -2.98. The fraction of sp³-hybridized carbons (Fsp3) is 0.0435. The van der Waals surface area contributed by atoms with E-state index in [-0.39, 0.29) is 5.78 Å². The lowest BCUT2D eigenvalue weighted by Crippen LogP contribution is -2.09. The Morgan fingerprint density at radius 3 is 2.41 bits per heavy atom. The molecule has 0 radical (unpaired) electrons. The molecule has 0 N–H and O–H groups in total. The van der Waals surface area contributed by atoms with E-state index in [1.807, 2.05) is 31.2 Å². The number of carbonyl (C=O) groups is 2. The Kier molecular flexibility index (Phi) is 5.99. The van der Waals surface area contributed by atoms with E-state index in [4.69, 9.17) is 4.74 Å². The van der Waals surface area contributed by atoms with Crippen molar-refractivity contribution in [3.8, 4) is 5.75 Å². The molecule has 0 aliphatic carbocycles. The van der Waals surface area contributed by atoms with Crippen LogP contribution in [0.15, 0.2) is 83.3 Å². The van der Waals surface area contributed by atoms with E-state index in [1.54, 1.807) is 54.6 Å². The average molecular weight is 421 g/mol. The largest absolute Gasteiger partial charge is 0.423 e. The number of allylic oxidation sites excluding steroid dienone is 1. The average Bonchev–Trinajstić information content (AvgIpc) is 2.67. The van der Waals surface area contributed by atoms with Gasteiger partial charge in [-0.25, -0.2) is 4.79 Å². The molecule has 3 nitrogen and oxygen atoms in total. The van der Waals surface area contributed by atoms with Gasteiger partial charge in [-0.05, 0) is 58.8 Å². The monoisotopic (exact) mass is 420 g/mol. The Balaban J connectivity index is 1.72. The second kappa shape index (κ2) is 8.60. The van der Waals surface area contributed by atoms with Gasteiger partial charge in [0.1, 0.15) is 5.75 Å². The number of ether oxygens (including phenoxy) is 1. The summed E-state index contributed by atoms with van der Waals surface area (Å²) >= 11 is 3.34. The molecule has 134 valence electrons. The zero-order valence-electron chi connectivity index (χ0n) is 14.7. The lowest BCUT2D eigenvalue weighted by molar-refractivity contribution is 0.0733. The van der Waals surface area contributed by atoms with Crippen LogP contribution >= 0.6 is 15.9 Å². The molecule has 3 aromatic rings. The van der Waals surface area contributed by atoms with E-state index in [1.165, 1.54) is 6.08 Å². The van der Waals surface area contributed by atoms with Crippen LogP contribution in [0.4, 0.5) is 0 Å². The van der Waals surface area contributed by atoms with Crippen molar-refractivity contribution in [2.45, 2.75) is 6.92 Å². The van der Waals surface area contributed by atoms with Gasteiger partial charge >= 0.3 is 5.97 Å². The zero-order chi connectivity index (χ0) is 19.2. The molecule has 0 aliphatic rings. The molecule has 3 aromatic carbocycles. The number of aryl methyl sites for hydroxylation is 1. The molecular weight excluding hydrogens is 404 g/mol. The van der Waals surface area contributed by atoms with Gasteiger partial charge in [0.15, 0.2) is 5.78 Å². The third-order valence-electron chi connectivity index (χ3n) is 3.93. The molecule has 0 spiro atoms. The smallest absolute Gasteiger partial charge is 0.344 e. The van der Waals surface area contributed by atoms with Crippen molar-refractivity contribution in [1.82, 2.24) is 0 Å². The summed E-state index contributed by atoms with van der Waals surface area (Å²) in [6.45, 7) is 1.98. The maximum absolute atomic E-state index is 12.3. The molecule has 0 aromatic heterocycles. The molecule has 0 atom stereocenters. The molecule has 0 unspecified atom stereocenters. The molecule has 3 rings (SSSR count). The van der Waals surface area contributed by atoms with Crippen molar-refractivity contribution in [2.24, 2.45) is 0 Å². The molecule has 0 saturated heterocycles. The number of ketones is 1. The lowest BCUT2D eigenvalue weighted by Gasteiger charge is -2.06. The number of hydrogen-bond acceptors (Lipinski definition) is 3. The predicted octanol–water partition coefficient (Wildman–Crippen LogP) is 5.87. The molecule has 27 heavy (non-hydrogen) atoms. The second-order valence-corrected chi connectivity index (χ2v) is 6.86. The van der Waals surface area contributed by atoms with Crippen molar-refractivity contribution >= 4 is 33.8 Å². The maximum Gasteiger partial charge on any atom is 0.344 e. The van der Waals surface area contributed by atoms with Gasteiger partial charge in [-0.3, -0.25) is 4.79 Å². The molecule has 0 aliphatic heterocycles. The molecule has 0 bridgehead atoms. The Bertz CT molecular complexity index is 1000. The summed E-state index contributed by atoms with van der Waals surface area (Å²) in [7, 11) is 0. The van der Waals surface area contributed by atoms with Gasteiger partial charge in [-0.15, -0.1) is 0 Å². The third-order valence-corrected chi connectivity index (χ3v) is 4.62. The van der Waals surface area contributed by atoms with Gasteiger partial charge in [0.05, 0.1) is 5.56 Å². The van der Waals surface area contributed by atoms with Crippen LogP contribution in [-0.4, -0.2) is 11.8 Å². The fourth-order valence-electron chi connectivity index (χ4n) is 2.46. The highest BCUT2D eigenvalue weighted by Gasteiger charge is 2.11. The van der Waals surface area contributed by atoms with Crippen molar-refractivity contribution in [3.63, 3.8) is 0 Å². The molecule has 0 fully saturated rings. The van der Waals surface area contributed by atoms with E-state index in [9.17, 15) is 9.59 Å². The SMILES string of the molecule is Cc1ccc(C(=O)C=Cc2cccc(OC(=O)c3ccccc3Br)c2)cc1. The lowest BCUT2D eigenvalue weighted by atomic mass is 10.1. The summed E-state index contributed by atoms with van der Waals surface area (Å²) in [5, 5.41) is 0. The van der Waals surface area contributed by atoms with Crippen LogP contribution in [0.2, 0.25) is 0 Å². The first kappa shape index (κ1) is 18.8. The van der Waals surface area contributed by atoms with E-state index >= 15 is 0 Å². The number of rotatable bonds is 5. The summed E-state index contributed by atoms with van der Waals surface area (Å²) in [5.74, 6) is -0.106. The molecular formula is C23H17BrO3. The number of benzene rings is 3. The minimum atomic E-state index is -0.445. The van der Waals surface area contributed by atoms with Gasteiger partial charge in [0.25, 0.3) is 0 Å². The zero-order valence-corrected chi connectivity index (χ0v) is 16.3. The third kappa shape index (κ3) is 5.02. The van der Waals surface area contributed by atoms with Crippen LogP contribution in [-0.2, 0) is 0 Å². The number of esters is 1. The van der Waals surface area contributed by atoms with E-state index in [2.05, 4.69) is 15.9 Å². The molecule has 4 heteroatoms. The van der Waals surface area contributed by atoms with Crippen LogP contribution in [0.5, 0.6) is 5.75 Å². The van der Waals surface area contributed by atoms with Gasteiger partial charge < -0.3 is 4.74 Å². The van der Waals surface area contributed by atoms with Crippen molar-refractivity contribution in [3.05, 3.63) is 106 Å². The Labute approximate surface area is 166 Å². The van der Waals surface area contributed by atoms with Crippen molar-refractivity contribution in [1.29, 1.82) is 0 Å². The van der Waals surface area contributed by atoms with Crippen LogP contribution in [0.3, 0.4) is 0 Å². The van der Waals surface area contributed by atoms with Gasteiger partial charge in [0, 0.05) is 10.0 Å². The topological polar surface area (TPSA) is 43.4 Å². The summed E-state index contributed by atoms with van der Waals surface area (Å²) < 4.78 is 6.11. The van der Waals surface area contributed by atoms with Crippen molar-refractivity contribution in [2.75, 3.05) is 0 Å². The van der Waals surface area contributed by atoms with E-state index in [0.29, 0.717) is 21.3 Å². The van der Waals surface area contributed by atoms with Gasteiger partial charge in [-0.2, -0.15) is 0 Å². The minimum absolute atomic E-state index is 0.0781. The van der Waals surface area contributed by atoms with Crippen LogP contribution in [0.1, 0.15) is 31.8 Å². The molecule has 0 heterocycles. The number of halogens is 1. The first-order valence-electron chi connectivity index (χ1n) is 8.39. The summed E-state index contributed by atoms with van der Waals surface area (Å²) in [6.07, 6.45) is 3.22. The summed E-state index contributed by atoms with van der Waals surface area (Å²) in [5.41, 5.74) is 2.96. The minimum Gasteiger partial charge on any atom is -0.423 e. The highest BCUT2D eigenvalue weighted by Crippen LogP contribution is 2.20. The standard InChI is InChI=1S/C23H17BrO3/c1-16-9-12-18(13-10-16)22(25)14-11-17-5-4-6-19(15-17)27-23(26)20-7-2-3-8-21(20)24/h2-15H,1H3. The number of carbonyl (C=O) groups excluding carboxylic acids is 2. The van der Waals surface area contributed by atoms with Crippen LogP contribution in [0, 0.1) is 6.92 Å². The molecule has 0 saturated carbocycles. The van der Waals surface area contributed by atoms with E-state index in [0.717, 1.165) is 11.1 Å². The normalized spacial score (nSPS) is 10.7. The fourth-order valence-corrected chi connectivity index (χ4v) is 2.90. The quantitative estimate of drug-likeness (QED) is 0.224. The highest BCUT2D eigenvalue weighted by atomic mass is 79.9. The predicted molar refractivity (Wildman–Crippen MR) is 110 cm³/mol. The summed E-state index contributed by atoms with van der Waals surface area (Å²) in [6, 6.07) is 21.5. The van der Waals surface area contributed by atoms with E-state index < -0.39 is 5.97 Å². The summed E-state index contributed by atoms with van der Waals surface area (Å²) in [4.78, 5) is 24.5.